The van der Waals surface area contributed by atoms with Crippen molar-refractivity contribution in [2.45, 2.75) is 39.4 Å². The number of carbonyl (C=O) groups excluding carboxylic acids is 1. The van der Waals surface area contributed by atoms with E-state index in [0.29, 0.717) is 0 Å². The summed E-state index contributed by atoms with van der Waals surface area (Å²) in [5.74, 6) is 0.139. The van der Waals surface area contributed by atoms with Crippen molar-refractivity contribution < 1.29 is 4.79 Å². The topological polar surface area (TPSA) is 35.6 Å². The molecule has 2 rings (SSSR count). The first-order valence-electron chi connectivity index (χ1n) is 7.46. The van der Waals surface area contributed by atoms with E-state index < -0.39 is 0 Å². The molecule has 0 saturated carbocycles. The summed E-state index contributed by atoms with van der Waals surface area (Å²) in [6, 6.07) is 4.46. The maximum atomic E-state index is 12.1. The molecule has 4 nitrogen and oxygen atoms in total. The highest BCUT2D eigenvalue weighted by molar-refractivity contribution is 9.11. The predicted molar refractivity (Wildman–Crippen MR) is 91.6 cm³/mol. The number of hydrogen-bond donors (Lipinski definition) is 1. The molecule has 0 aromatic carbocycles. The molecule has 1 aliphatic heterocycles. The molecule has 118 valence electrons. The van der Waals surface area contributed by atoms with Crippen molar-refractivity contribution in [1.29, 1.82) is 0 Å². The maximum Gasteiger partial charge on any atom is 0.237 e. The average Bonchev–Trinajstić information content (AvgIpc) is 2.83. The van der Waals surface area contributed by atoms with Crippen LogP contribution in [0, 0.1) is 0 Å². The minimum atomic E-state index is -0.0366. The number of thiophene rings is 1. The summed E-state index contributed by atoms with van der Waals surface area (Å²) in [6.07, 6.45) is 0. The molecule has 1 aromatic rings. The van der Waals surface area contributed by atoms with Gasteiger partial charge in [-0.15, -0.1) is 11.3 Å². The minimum absolute atomic E-state index is 0.0366. The van der Waals surface area contributed by atoms with Crippen molar-refractivity contribution in [3.63, 3.8) is 0 Å². The lowest BCUT2D eigenvalue weighted by molar-refractivity contribution is -0.127. The second-order valence-corrected chi connectivity index (χ2v) is 8.40. The van der Waals surface area contributed by atoms with Gasteiger partial charge in [-0.2, -0.15) is 0 Å². The lowest BCUT2D eigenvalue weighted by Gasteiger charge is -2.37. The van der Waals surface area contributed by atoms with Gasteiger partial charge >= 0.3 is 0 Å². The zero-order valence-electron chi connectivity index (χ0n) is 12.9. The van der Waals surface area contributed by atoms with E-state index in [1.807, 2.05) is 20.8 Å². The Balaban J connectivity index is 1.78. The number of rotatable bonds is 5. The van der Waals surface area contributed by atoms with Crippen LogP contribution in [0.2, 0.25) is 0 Å². The SMILES string of the molecule is CC(C)NC(=O)C(C)N1CCN(Cc2ccc(Br)s2)CC1. The number of hydrogen-bond acceptors (Lipinski definition) is 4. The van der Waals surface area contributed by atoms with Crippen LogP contribution in [-0.2, 0) is 11.3 Å². The molecule has 1 unspecified atom stereocenters. The van der Waals surface area contributed by atoms with Crippen molar-refractivity contribution in [3.05, 3.63) is 20.8 Å². The van der Waals surface area contributed by atoms with E-state index in [2.05, 4.69) is 43.2 Å². The quantitative estimate of drug-likeness (QED) is 0.861. The molecule has 2 heterocycles. The van der Waals surface area contributed by atoms with E-state index in [0.717, 1.165) is 32.7 Å². The molecule has 21 heavy (non-hydrogen) atoms. The summed E-state index contributed by atoms with van der Waals surface area (Å²) in [6.45, 7) is 11.0. The van der Waals surface area contributed by atoms with Crippen LogP contribution in [0.1, 0.15) is 25.6 Å². The van der Waals surface area contributed by atoms with Gasteiger partial charge in [-0.1, -0.05) is 0 Å². The van der Waals surface area contributed by atoms with Crippen LogP contribution < -0.4 is 5.32 Å². The van der Waals surface area contributed by atoms with Crippen LogP contribution >= 0.6 is 27.3 Å². The van der Waals surface area contributed by atoms with Crippen LogP contribution in [0.5, 0.6) is 0 Å². The van der Waals surface area contributed by atoms with Gasteiger partial charge in [0, 0.05) is 43.6 Å². The highest BCUT2D eigenvalue weighted by Gasteiger charge is 2.25. The molecule has 0 radical (unpaired) electrons. The van der Waals surface area contributed by atoms with Crippen LogP contribution in [-0.4, -0.2) is 54.0 Å². The van der Waals surface area contributed by atoms with Gasteiger partial charge in [-0.25, -0.2) is 0 Å². The molecule has 1 atom stereocenters. The summed E-state index contributed by atoms with van der Waals surface area (Å²) in [4.78, 5) is 18.2. The summed E-state index contributed by atoms with van der Waals surface area (Å²) in [5.41, 5.74) is 0. The zero-order valence-corrected chi connectivity index (χ0v) is 15.3. The highest BCUT2D eigenvalue weighted by atomic mass is 79.9. The number of halogens is 1. The lowest BCUT2D eigenvalue weighted by Crippen LogP contribution is -2.54. The molecule has 6 heteroatoms. The van der Waals surface area contributed by atoms with Gasteiger partial charge in [-0.3, -0.25) is 14.6 Å². The number of nitrogens with one attached hydrogen (secondary N) is 1. The van der Waals surface area contributed by atoms with Crippen LogP contribution in [0.4, 0.5) is 0 Å². The smallest absolute Gasteiger partial charge is 0.237 e. The fourth-order valence-corrected chi connectivity index (χ4v) is 4.06. The van der Waals surface area contributed by atoms with Gasteiger partial charge in [0.05, 0.1) is 9.83 Å². The Morgan fingerprint density at radius 1 is 1.29 bits per heavy atom. The van der Waals surface area contributed by atoms with Crippen molar-refractivity contribution in [1.82, 2.24) is 15.1 Å². The highest BCUT2D eigenvalue weighted by Crippen LogP contribution is 2.23. The number of carbonyl (C=O) groups is 1. The molecule has 1 N–H and O–H groups in total. The second kappa shape index (κ2) is 7.72. The standard InChI is InChI=1S/C15H24BrN3OS/c1-11(2)17-15(20)12(3)19-8-6-18(7-9-19)10-13-4-5-14(16)21-13/h4-5,11-12H,6-10H2,1-3H3,(H,17,20). The van der Waals surface area contributed by atoms with Gasteiger partial charge in [-0.05, 0) is 48.8 Å². The van der Waals surface area contributed by atoms with Crippen molar-refractivity contribution in [2.75, 3.05) is 26.2 Å². The molecule has 0 bridgehead atoms. The first-order valence-corrected chi connectivity index (χ1v) is 9.07. The van der Waals surface area contributed by atoms with E-state index in [1.54, 1.807) is 11.3 Å². The first kappa shape index (κ1) is 16.9. The summed E-state index contributed by atoms with van der Waals surface area (Å²) in [7, 11) is 0. The van der Waals surface area contributed by atoms with Crippen molar-refractivity contribution in [3.8, 4) is 0 Å². The van der Waals surface area contributed by atoms with E-state index in [1.165, 1.54) is 8.66 Å². The van der Waals surface area contributed by atoms with Gasteiger partial charge in [0.15, 0.2) is 0 Å². The molecular weight excluding hydrogens is 350 g/mol. The van der Waals surface area contributed by atoms with Crippen LogP contribution in [0.25, 0.3) is 0 Å². The summed E-state index contributed by atoms with van der Waals surface area (Å²) < 4.78 is 1.19. The Morgan fingerprint density at radius 3 is 2.48 bits per heavy atom. The third kappa shape index (κ3) is 5.06. The van der Waals surface area contributed by atoms with E-state index in [-0.39, 0.29) is 18.0 Å². The van der Waals surface area contributed by atoms with E-state index in [9.17, 15) is 4.79 Å². The summed E-state index contributed by atoms with van der Waals surface area (Å²) >= 11 is 5.31. The maximum absolute atomic E-state index is 12.1. The molecule has 0 aliphatic carbocycles. The van der Waals surface area contributed by atoms with E-state index in [4.69, 9.17) is 0 Å². The Labute approximate surface area is 139 Å². The largest absolute Gasteiger partial charge is 0.353 e. The Kier molecular flexibility index (Phi) is 6.22. The number of amides is 1. The predicted octanol–water partition coefficient (Wildman–Crippen LogP) is 2.54. The Bertz CT molecular complexity index is 469. The molecule has 1 amide bonds. The normalized spacial score (nSPS) is 18.9. The molecular formula is C15H24BrN3OS. The Morgan fingerprint density at radius 2 is 1.95 bits per heavy atom. The molecule has 1 aliphatic rings. The van der Waals surface area contributed by atoms with Crippen LogP contribution in [0.15, 0.2) is 15.9 Å². The molecule has 1 saturated heterocycles. The van der Waals surface area contributed by atoms with Gasteiger partial charge in [0.2, 0.25) is 5.91 Å². The van der Waals surface area contributed by atoms with Gasteiger partial charge in [0.1, 0.15) is 0 Å². The third-order valence-corrected chi connectivity index (χ3v) is 5.38. The summed E-state index contributed by atoms with van der Waals surface area (Å²) in [5, 5.41) is 3.00. The molecule has 1 fully saturated rings. The second-order valence-electron chi connectivity index (χ2n) is 5.86. The fourth-order valence-electron chi connectivity index (χ4n) is 2.54. The van der Waals surface area contributed by atoms with Crippen molar-refractivity contribution in [2.24, 2.45) is 0 Å². The monoisotopic (exact) mass is 373 g/mol. The van der Waals surface area contributed by atoms with Gasteiger partial charge in [0.25, 0.3) is 0 Å². The third-order valence-electron chi connectivity index (χ3n) is 3.77. The molecule has 0 spiro atoms. The Hall–Kier alpha value is -0.430. The first-order chi connectivity index (χ1) is 9.95. The fraction of sp³-hybridized carbons (Fsp3) is 0.667. The minimum Gasteiger partial charge on any atom is -0.353 e. The average molecular weight is 374 g/mol. The van der Waals surface area contributed by atoms with Gasteiger partial charge < -0.3 is 5.32 Å². The lowest BCUT2D eigenvalue weighted by atomic mass is 10.2. The van der Waals surface area contributed by atoms with E-state index >= 15 is 0 Å². The van der Waals surface area contributed by atoms with Crippen LogP contribution in [0.3, 0.4) is 0 Å². The molecule has 1 aromatic heterocycles. The van der Waals surface area contributed by atoms with Crippen molar-refractivity contribution >= 4 is 33.2 Å². The number of piperazine rings is 1. The zero-order chi connectivity index (χ0) is 15.4. The number of nitrogens with zero attached hydrogens (tertiary/aromatic N) is 2.